The highest BCUT2D eigenvalue weighted by atomic mass is 79.9. The number of carbonyl (C=O) groups is 1. The fraction of sp³-hybridized carbons (Fsp3) is 0.421. The van der Waals surface area contributed by atoms with E-state index in [1.807, 2.05) is 30.3 Å². The predicted octanol–water partition coefficient (Wildman–Crippen LogP) is 5.53. The minimum absolute atomic E-state index is 0.0431. The summed E-state index contributed by atoms with van der Waals surface area (Å²) >= 11 is 4.86. The van der Waals surface area contributed by atoms with E-state index >= 15 is 0 Å². The zero-order valence-corrected chi connectivity index (χ0v) is 16.3. The lowest BCUT2D eigenvalue weighted by molar-refractivity contribution is 0.103. The van der Waals surface area contributed by atoms with Gasteiger partial charge in [0, 0.05) is 18.3 Å². The van der Waals surface area contributed by atoms with Crippen molar-refractivity contribution in [3.8, 4) is 0 Å². The van der Waals surface area contributed by atoms with Gasteiger partial charge in [0.05, 0.1) is 8.66 Å². The lowest BCUT2D eigenvalue weighted by Gasteiger charge is -2.31. The third-order valence-corrected chi connectivity index (χ3v) is 6.30. The van der Waals surface area contributed by atoms with Gasteiger partial charge in [0.1, 0.15) is 0 Å². The Bertz CT molecular complexity index is 694. The molecule has 0 aliphatic heterocycles. The summed E-state index contributed by atoms with van der Waals surface area (Å²) in [6, 6.07) is 12.5. The van der Waals surface area contributed by atoms with Crippen LogP contribution in [0, 0.1) is 0 Å². The van der Waals surface area contributed by atoms with E-state index in [9.17, 15) is 4.79 Å². The molecular formula is C19H23BrN2OS. The summed E-state index contributed by atoms with van der Waals surface area (Å²) in [4.78, 5) is 15.6. The van der Waals surface area contributed by atoms with E-state index in [1.54, 1.807) is 0 Å². The number of para-hydroxylation sites is 1. The molecule has 5 heteroatoms. The molecule has 0 radical (unpaired) electrons. The molecule has 1 saturated carbocycles. The minimum Gasteiger partial charge on any atom is -0.321 e. The van der Waals surface area contributed by atoms with Gasteiger partial charge in [-0.05, 0) is 59.6 Å². The number of benzene rings is 1. The van der Waals surface area contributed by atoms with Gasteiger partial charge in [-0.15, -0.1) is 11.3 Å². The predicted molar refractivity (Wildman–Crippen MR) is 105 cm³/mol. The highest BCUT2D eigenvalue weighted by molar-refractivity contribution is 9.11. The van der Waals surface area contributed by atoms with E-state index in [1.165, 1.54) is 49.0 Å². The molecule has 0 spiro atoms. The highest BCUT2D eigenvalue weighted by Crippen LogP contribution is 2.26. The number of carbonyl (C=O) groups excluding carboxylic acids is 1. The molecule has 128 valence electrons. The van der Waals surface area contributed by atoms with Crippen molar-refractivity contribution in [2.24, 2.45) is 0 Å². The molecule has 1 heterocycles. The van der Waals surface area contributed by atoms with E-state index in [4.69, 9.17) is 0 Å². The van der Waals surface area contributed by atoms with Gasteiger partial charge in [-0.2, -0.15) is 0 Å². The molecule has 0 saturated heterocycles. The lowest BCUT2D eigenvalue weighted by atomic mass is 9.94. The first-order chi connectivity index (χ1) is 11.6. The summed E-state index contributed by atoms with van der Waals surface area (Å²) in [5, 5.41) is 3.07. The minimum atomic E-state index is -0.0431. The van der Waals surface area contributed by atoms with Gasteiger partial charge < -0.3 is 5.32 Å². The van der Waals surface area contributed by atoms with Crippen LogP contribution in [-0.2, 0) is 6.54 Å². The fourth-order valence-corrected chi connectivity index (χ4v) is 4.60. The normalized spacial score (nSPS) is 15.6. The third kappa shape index (κ3) is 4.47. The van der Waals surface area contributed by atoms with E-state index in [2.05, 4.69) is 39.3 Å². The maximum absolute atomic E-state index is 12.4. The van der Waals surface area contributed by atoms with Gasteiger partial charge in [-0.1, -0.05) is 37.5 Å². The summed E-state index contributed by atoms with van der Waals surface area (Å²) in [7, 11) is 2.20. The van der Waals surface area contributed by atoms with Crippen molar-refractivity contribution >= 4 is 38.9 Å². The largest absolute Gasteiger partial charge is 0.321 e. The van der Waals surface area contributed by atoms with Crippen molar-refractivity contribution in [3.05, 3.63) is 50.6 Å². The Kier molecular flexibility index (Phi) is 6.09. The number of anilines is 1. The number of rotatable bonds is 5. The molecule has 24 heavy (non-hydrogen) atoms. The van der Waals surface area contributed by atoms with Crippen molar-refractivity contribution in [1.82, 2.24) is 4.90 Å². The molecular weight excluding hydrogens is 384 g/mol. The Labute approximate surface area is 156 Å². The first kappa shape index (κ1) is 17.6. The zero-order valence-electron chi connectivity index (χ0n) is 13.9. The molecule has 3 nitrogen and oxygen atoms in total. The topological polar surface area (TPSA) is 32.3 Å². The standard InChI is InChI=1S/C19H23BrN2OS/c1-22(15-8-3-2-4-9-15)13-14-7-5-6-10-16(14)21-19(23)17-11-12-18(20)24-17/h5-7,10-12,15H,2-4,8-9,13H2,1H3,(H,21,23). The quantitative estimate of drug-likeness (QED) is 0.707. The Morgan fingerprint density at radius 3 is 2.67 bits per heavy atom. The molecule has 2 aromatic rings. The Morgan fingerprint density at radius 2 is 1.96 bits per heavy atom. The Hall–Kier alpha value is -1.17. The van der Waals surface area contributed by atoms with Crippen molar-refractivity contribution in [2.45, 2.75) is 44.7 Å². The third-order valence-electron chi connectivity index (χ3n) is 4.68. The first-order valence-corrected chi connectivity index (χ1v) is 10.1. The summed E-state index contributed by atoms with van der Waals surface area (Å²) in [6.07, 6.45) is 6.61. The van der Waals surface area contributed by atoms with Crippen molar-refractivity contribution in [2.75, 3.05) is 12.4 Å². The van der Waals surface area contributed by atoms with Crippen molar-refractivity contribution < 1.29 is 4.79 Å². The van der Waals surface area contributed by atoms with Crippen LogP contribution in [0.2, 0.25) is 0 Å². The smallest absolute Gasteiger partial charge is 0.265 e. The summed E-state index contributed by atoms with van der Waals surface area (Å²) in [6.45, 7) is 0.870. The van der Waals surface area contributed by atoms with Crippen molar-refractivity contribution in [1.29, 1.82) is 0 Å². The van der Waals surface area contributed by atoms with Gasteiger partial charge in [0.15, 0.2) is 0 Å². The van der Waals surface area contributed by atoms with Crippen LogP contribution in [0.25, 0.3) is 0 Å². The Balaban J connectivity index is 1.69. The number of nitrogens with zero attached hydrogens (tertiary/aromatic N) is 1. The second kappa shape index (κ2) is 8.28. The molecule has 1 N–H and O–H groups in total. The number of thiophene rings is 1. The maximum atomic E-state index is 12.4. The average molecular weight is 407 g/mol. The second-order valence-corrected chi connectivity index (χ2v) is 8.88. The van der Waals surface area contributed by atoms with Crippen LogP contribution in [0.4, 0.5) is 5.69 Å². The van der Waals surface area contributed by atoms with Crippen LogP contribution in [-0.4, -0.2) is 23.9 Å². The van der Waals surface area contributed by atoms with E-state index in [-0.39, 0.29) is 5.91 Å². The molecule has 1 amide bonds. The second-order valence-electron chi connectivity index (χ2n) is 6.42. The van der Waals surface area contributed by atoms with Crippen LogP contribution in [0.1, 0.15) is 47.3 Å². The summed E-state index contributed by atoms with van der Waals surface area (Å²) < 4.78 is 0.970. The number of nitrogens with one attached hydrogen (secondary N) is 1. The van der Waals surface area contributed by atoms with Gasteiger partial charge in [-0.25, -0.2) is 0 Å². The number of halogens is 1. The molecule has 1 aliphatic carbocycles. The maximum Gasteiger partial charge on any atom is 0.265 e. The van der Waals surface area contributed by atoms with Gasteiger partial charge >= 0.3 is 0 Å². The molecule has 1 fully saturated rings. The summed E-state index contributed by atoms with van der Waals surface area (Å²) in [5.41, 5.74) is 2.09. The molecule has 0 bridgehead atoms. The molecule has 1 aromatic heterocycles. The zero-order chi connectivity index (χ0) is 16.9. The number of hydrogen-bond acceptors (Lipinski definition) is 3. The van der Waals surface area contributed by atoms with Crippen molar-refractivity contribution in [3.63, 3.8) is 0 Å². The van der Waals surface area contributed by atoms with Crippen LogP contribution < -0.4 is 5.32 Å². The average Bonchev–Trinajstić information content (AvgIpc) is 3.04. The van der Waals surface area contributed by atoms with E-state index in [0.717, 1.165) is 20.9 Å². The highest BCUT2D eigenvalue weighted by Gasteiger charge is 2.19. The fourth-order valence-electron chi connectivity index (χ4n) is 3.32. The lowest BCUT2D eigenvalue weighted by Crippen LogP contribution is -2.33. The number of amides is 1. The van der Waals surface area contributed by atoms with Crippen LogP contribution >= 0.6 is 27.3 Å². The first-order valence-electron chi connectivity index (χ1n) is 8.48. The molecule has 3 rings (SSSR count). The van der Waals surface area contributed by atoms with Gasteiger partial charge in [-0.3, -0.25) is 9.69 Å². The SMILES string of the molecule is CN(Cc1ccccc1NC(=O)c1ccc(Br)s1)C1CCCCC1. The van der Waals surface area contributed by atoms with Gasteiger partial charge in [0.25, 0.3) is 5.91 Å². The summed E-state index contributed by atoms with van der Waals surface area (Å²) in [5.74, 6) is -0.0431. The van der Waals surface area contributed by atoms with E-state index < -0.39 is 0 Å². The molecule has 0 atom stereocenters. The Morgan fingerprint density at radius 1 is 1.21 bits per heavy atom. The van der Waals surface area contributed by atoms with Crippen LogP contribution in [0.5, 0.6) is 0 Å². The molecule has 1 aliphatic rings. The van der Waals surface area contributed by atoms with E-state index in [0.29, 0.717) is 6.04 Å². The van der Waals surface area contributed by atoms with Gasteiger partial charge in [0.2, 0.25) is 0 Å². The number of hydrogen-bond donors (Lipinski definition) is 1. The monoisotopic (exact) mass is 406 g/mol. The van der Waals surface area contributed by atoms with Crippen LogP contribution in [0.15, 0.2) is 40.2 Å². The molecule has 0 unspecified atom stereocenters. The molecule has 1 aromatic carbocycles. The van der Waals surface area contributed by atoms with Crippen LogP contribution in [0.3, 0.4) is 0 Å².